The van der Waals surface area contributed by atoms with Gasteiger partial charge in [-0.3, -0.25) is 9.78 Å². The van der Waals surface area contributed by atoms with Gasteiger partial charge < -0.3 is 10.6 Å². The molecule has 4 nitrogen and oxygen atoms in total. The number of aryl methyl sites for hydroxylation is 2. The third-order valence-corrected chi connectivity index (χ3v) is 4.96. The monoisotopic (exact) mass is 337 g/mol. The van der Waals surface area contributed by atoms with Crippen LogP contribution in [-0.2, 0) is 12.8 Å². The maximum Gasteiger partial charge on any atom is 0.257 e. The molecule has 0 unspecified atom stereocenters. The third kappa shape index (κ3) is 4.19. The molecule has 2 aromatic rings. The lowest BCUT2D eigenvalue weighted by molar-refractivity contribution is 0.102. The quantitative estimate of drug-likeness (QED) is 0.795. The van der Waals surface area contributed by atoms with E-state index in [1.165, 1.54) is 36.8 Å². The van der Waals surface area contributed by atoms with E-state index in [0.717, 1.165) is 24.2 Å². The zero-order valence-electron chi connectivity index (χ0n) is 15.1. The first kappa shape index (κ1) is 17.5. The highest BCUT2D eigenvalue weighted by Crippen LogP contribution is 2.25. The smallest absolute Gasteiger partial charge is 0.257 e. The predicted molar refractivity (Wildman–Crippen MR) is 103 cm³/mol. The van der Waals surface area contributed by atoms with Crippen LogP contribution in [-0.4, -0.2) is 16.9 Å². The van der Waals surface area contributed by atoms with Crippen LogP contribution < -0.4 is 10.6 Å². The molecule has 1 aromatic heterocycles. The van der Waals surface area contributed by atoms with Crippen LogP contribution in [0.15, 0.2) is 36.7 Å². The van der Waals surface area contributed by atoms with E-state index in [4.69, 9.17) is 0 Å². The second-order valence-corrected chi connectivity index (χ2v) is 6.70. The Balaban J connectivity index is 1.77. The number of nitrogens with zero attached hydrogens (tertiary/aromatic N) is 1. The summed E-state index contributed by atoms with van der Waals surface area (Å²) in [6.07, 6.45) is 10.2. The molecule has 0 bridgehead atoms. The zero-order chi connectivity index (χ0) is 17.6. The normalized spacial score (nSPS) is 14.5. The van der Waals surface area contributed by atoms with Crippen LogP contribution in [0.1, 0.15) is 61.0 Å². The number of aromatic nitrogens is 1. The van der Waals surface area contributed by atoms with E-state index in [1.807, 2.05) is 6.07 Å². The van der Waals surface area contributed by atoms with Gasteiger partial charge in [0, 0.05) is 24.1 Å². The molecule has 1 amide bonds. The molecular formula is C21H27N3O. The molecule has 1 aliphatic carbocycles. The van der Waals surface area contributed by atoms with Gasteiger partial charge in [0.1, 0.15) is 0 Å². The molecule has 0 aliphatic heterocycles. The average Bonchev–Trinajstić information content (AvgIpc) is 3.15. The molecule has 1 heterocycles. The van der Waals surface area contributed by atoms with Gasteiger partial charge in [0.05, 0.1) is 11.3 Å². The number of nitrogens with one attached hydrogen (secondary N) is 2. The number of carbonyl (C=O) groups is 1. The summed E-state index contributed by atoms with van der Waals surface area (Å²) in [7, 11) is 0. The van der Waals surface area contributed by atoms with Gasteiger partial charge in [0.2, 0.25) is 0 Å². The first-order valence-electron chi connectivity index (χ1n) is 9.35. The number of benzene rings is 1. The Kier molecular flexibility index (Phi) is 5.69. The molecule has 1 saturated carbocycles. The van der Waals surface area contributed by atoms with E-state index < -0.39 is 0 Å². The van der Waals surface area contributed by atoms with Gasteiger partial charge in [-0.05, 0) is 42.9 Å². The van der Waals surface area contributed by atoms with Crippen LogP contribution in [0, 0.1) is 0 Å². The van der Waals surface area contributed by atoms with Gasteiger partial charge in [-0.25, -0.2) is 0 Å². The summed E-state index contributed by atoms with van der Waals surface area (Å²) in [4.78, 5) is 17.0. The average molecular weight is 337 g/mol. The standard InChI is InChI=1S/C21H27N3O/c1-3-15-8-7-9-16(4-2)20(15)24-21(25)17-12-19(14-22-13-17)23-18-10-5-6-11-18/h7-9,12-14,18,23H,3-6,10-11H2,1-2H3,(H,24,25). The molecule has 0 spiro atoms. The molecule has 4 heteroatoms. The minimum absolute atomic E-state index is 0.0989. The van der Waals surface area contributed by atoms with Gasteiger partial charge in [-0.2, -0.15) is 0 Å². The lowest BCUT2D eigenvalue weighted by Gasteiger charge is -2.16. The number of para-hydroxylation sites is 1. The Bertz CT molecular complexity index is 713. The Hall–Kier alpha value is -2.36. The number of amides is 1. The van der Waals surface area contributed by atoms with E-state index in [2.05, 4.69) is 47.7 Å². The molecule has 1 aromatic carbocycles. The second kappa shape index (κ2) is 8.15. The van der Waals surface area contributed by atoms with Gasteiger partial charge in [0.15, 0.2) is 0 Å². The fraction of sp³-hybridized carbons (Fsp3) is 0.429. The summed E-state index contributed by atoms with van der Waals surface area (Å²) < 4.78 is 0. The summed E-state index contributed by atoms with van der Waals surface area (Å²) >= 11 is 0. The van der Waals surface area contributed by atoms with Gasteiger partial charge in [-0.15, -0.1) is 0 Å². The molecule has 132 valence electrons. The number of pyridine rings is 1. The number of hydrogen-bond acceptors (Lipinski definition) is 3. The molecule has 1 aliphatic rings. The largest absolute Gasteiger partial charge is 0.381 e. The number of hydrogen-bond donors (Lipinski definition) is 2. The Labute approximate surface area is 150 Å². The van der Waals surface area contributed by atoms with Crippen LogP contribution in [0.4, 0.5) is 11.4 Å². The van der Waals surface area contributed by atoms with E-state index in [-0.39, 0.29) is 5.91 Å². The minimum atomic E-state index is -0.0989. The maximum atomic E-state index is 12.8. The third-order valence-electron chi connectivity index (χ3n) is 4.96. The van der Waals surface area contributed by atoms with Crippen molar-refractivity contribution in [1.29, 1.82) is 0 Å². The summed E-state index contributed by atoms with van der Waals surface area (Å²) in [6, 6.07) is 8.62. The van der Waals surface area contributed by atoms with Crippen LogP contribution in [0.2, 0.25) is 0 Å². The van der Waals surface area contributed by atoms with Crippen LogP contribution in [0.25, 0.3) is 0 Å². The topological polar surface area (TPSA) is 54.0 Å². The van der Waals surface area contributed by atoms with Gasteiger partial charge in [-0.1, -0.05) is 44.9 Å². The van der Waals surface area contributed by atoms with E-state index in [9.17, 15) is 4.79 Å². The summed E-state index contributed by atoms with van der Waals surface area (Å²) in [5.74, 6) is -0.0989. The lowest BCUT2D eigenvalue weighted by atomic mass is 10.0. The Morgan fingerprint density at radius 1 is 1.12 bits per heavy atom. The van der Waals surface area contributed by atoms with Gasteiger partial charge in [0.25, 0.3) is 5.91 Å². The second-order valence-electron chi connectivity index (χ2n) is 6.70. The lowest BCUT2D eigenvalue weighted by Crippen LogP contribution is -2.17. The number of anilines is 2. The molecule has 3 rings (SSSR count). The fourth-order valence-corrected chi connectivity index (χ4v) is 3.54. The van der Waals surface area contributed by atoms with Crippen molar-refractivity contribution in [3.05, 3.63) is 53.3 Å². The van der Waals surface area contributed by atoms with E-state index >= 15 is 0 Å². The van der Waals surface area contributed by atoms with Crippen molar-refractivity contribution in [3.8, 4) is 0 Å². The van der Waals surface area contributed by atoms with Crippen molar-refractivity contribution in [3.63, 3.8) is 0 Å². The molecule has 0 atom stereocenters. The Morgan fingerprint density at radius 3 is 2.44 bits per heavy atom. The number of rotatable bonds is 6. The summed E-state index contributed by atoms with van der Waals surface area (Å²) in [5, 5.41) is 6.61. The van der Waals surface area contributed by atoms with Gasteiger partial charge >= 0.3 is 0 Å². The highest BCUT2D eigenvalue weighted by Gasteiger charge is 2.16. The molecule has 25 heavy (non-hydrogen) atoms. The zero-order valence-corrected chi connectivity index (χ0v) is 15.1. The van der Waals surface area contributed by atoms with Crippen molar-refractivity contribution in [2.24, 2.45) is 0 Å². The molecule has 2 N–H and O–H groups in total. The summed E-state index contributed by atoms with van der Waals surface area (Å²) in [5.41, 5.74) is 4.81. The van der Waals surface area contributed by atoms with Crippen molar-refractivity contribution >= 4 is 17.3 Å². The summed E-state index contributed by atoms with van der Waals surface area (Å²) in [6.45, 7) is 4.22. The van der Waals surface area contributed by atoms with Crippen molar-refractivity contribution < 1.29 is 4.79 Å². The van der Waals surface area contributed by atoms with Crippen molar-refractivity contribution in [2.75, 3.05) is 10.6 Å². The predicted octanol–water partition coefficient (Wildman–Crippen LogP) is 4.81. The fourth-order valence-electron chi connectivity index (χ4n) is 3.54. The minimum Gasteiger partial charge on any atom is -0.381 e. The molecule has 0 saturated heterocycles. The molecule has 0 radical (unpaired) electrons. The first-order valence-corrected chi connectivity index (χ1v) is 9.35. The number of carbonyl (C=O) groups excluding carboxylic acids is 1. The van der Waals surface area contributed by atoms with E-state index in [0.29, 0.717) is 11.6 Å². The van der Waals surface area contributed by atoms with Crippen LogP contribution >= 0.6 is 0 Å². The SMILES string of the molecule is CCc1cccc(CC)c1NC(=O)c1cncc(NC2CCCC2)c1. The molecule has 1 fully saturated rings. The Morgan fingerprint density at radius 2 is 1.80 bits per heavy atom. The van der Waals surface area contributed by atoms with Crippen LogP contribution in [0.5, 0.6) is 0 Å². The highest BCUT2D eigenvalue weighted by molar-refractivity contribution is 6.05. The van der Waals surface area contributed by atoms with Crippen molar-refractivity contribution in [2.45, 2.75) is 58.4 Å². The molecular weight excluding hydrogens is 310 g/mol. The highest BCUT2D eigenvalue weighted by atomic mass is 16.1. The van der Waals surface area contributed by atoms with E-state index in [1.54, 1.807) is 12.4 Å². The van der Waals surface area contributed by atoms with Crippen LogP contribution in [0.3, 0.4) is 0 Å². The first-order chi connectivity index (χ1) is 12.2. The maximum absolute atomic E-state index is 12.8. The van der Waals surface area contributed by atoms with Crippen molar-refractivity contribution in [1.82, 2.24) is 4.98 Å².